The van der Waals surface area contributed by atoms with Gasteiger partial charge >= 0.3 is 24.0 Å². The van der Waals surface area contributed by atoms with Gasteiger partial charge in [-0.05, 0) is 0 Å². The van der Waals surface area contributed by atoms with Crippen molar-refractivity contribution in [3.05, 3.63) is 12.7 Å². The third-order valence-corrected chi connectivity index (χ3v) is 1.33. The monoisotopic (exact) mass is 224 g/mol. The molecule has 0 spiro atoms. The number of H-pyrrole nitrogens is 2. The molecule has 2 aromatic rings. The van der Waals surface area contributed by atoms with E-state index in [0.29, 0.717) is 0 Å². The smallest absolute Gasteiger partial charge is 0.382 e. The first-order valence-corrected chi connectivity index (χ1v) is 3.90. The van der Waals surface area contributed by atoms with Crippen molar-refractivity contribution in [2.45, 2.75) is 0 Å². The Labute approximate surface area is 87.0 Å². The van der Waals surface area contributed by atoms with Crippen LogP contribution in [0.5, 0.6) is 12.0 Å². The first kappa shape index (κ1) is 9.76. The van der Waals surface area contributed by atoms with Gasteiger partial charge in [0.15, 0.2) is 0 Å². The zero-order valence-corrected chi connectivity index (χ0v) is 7.58. The standard InChI is InChI=1S/C6H4N6O4/c13-3(15-5-7-1-9-11-5)4(14)16-6-8-2-10-12-6/h1-2H,(H,7,9,11)(H,8,10,12). The molecule has 2 heterocycles. The van der Waals surface area contributed by atoms with E-state index < -0.39 is 11.9 Å². The van der Waals surface area contributed by atoms with E-state index >= 15 is 0 Å². The van der Waals surface area contributed by atoms with Crippen LogP contribution in [-0.2, 0) is 9.59 Å². The fourth-order valence-corrected chi connectivity index (χ4v) is 0.746. The molecule has 10 nitrogen and oxygen atoms in total. The van der Waals surface area contributed by atoms with Crippen molar-refractivity contribution in [3.63, 3.8) is 0 Å². The fourth-order valence-electron chi connectivity index (χ4n) is 0.746. The summed E-state index contributed by atoms with van der Waals surface area (Å²) >= 11 is 0. The number of ether oxygens (including phenoxy) is 2. The van der Waals surface area contributed by atoms with Crippen LogP contribution in [0.4, 0.5) is 0 Å². The largest absolute Gasteiger partial charge is 0.425 e. The molecule has 0 aliphatic carbocycles. The number of hydrogen-bond donors (Lipinski definition) is 2. The summed E-state index contributed by atoms with van der Waals surface area (Å²) in [5.41, 5.74) is 0. The van der Waals surface area contributed by atoms with Crippen LogP contribution < -0.4 is 9.47 Å². The van der Waals surface area contributed by atoms with Crippen molar-refractivity contribution in [2.75, 3.05) is 0 Å². The maximum Gasteiger partial charge on any atom is 0.425 e. The Morgan fingerprint density at radius 1 is 0.938 bits per heavy atom. The van der Waals surface area contributed by atoms with Crippen molar-refractivity contribution in [2.24, 2.45) is 0 Å². The van der Waals surface area contributed by atoms with Gasteiger partial charge in [0.1, 0.15) is 12.7 Å². The SMILES string of the molecule is O=C(Oc1ncn[nH]1)C(=O)Oc1ncn[nH]1. The van der Waals surface area contributed by atoms with Crippen LogP contribution in [0.15, 0.2) is 12.7 Å². The van der Waals surface area contributed by atoms with E-state index in [9.17, 15) is 9.59 Å². The number of nitrogens with zero attached hydrogens (tertiary/aromatic N) is 4. The Bertz CT molecular complexity index is 431. The fraction of sp³-hybridized carbons (Fsp3) is 0. The summed E-state index contributed by atoms with van der Waals surface area (Å²) in [5.74, 6) is -2.51. The van der Waals surface area contributed by atoms with Crippen LogP contribution in [0.25, 0.3) is 0 Å². The molecular formula is C6H4N6O4. The molecule has 0 fully saturated rings. The molecule has 0 aliphatic heterocycles. The van der Waals surface area contributed by atoms with Gasteiger partial charge < -0.3 is 9.47 Å². The Morgan fingerprint density at radius 2 is 1.38 bits per heavy atom. The number of aromatic nitrogens is 6. The Balaban J connectivity index is 1.92. The molecule has 0 aliphatic rings. The molecule has 16 heavy (non-hydrogen) atoms. The van der Waals surface area contributed by atoms with Crippen molar-refractivity contribution in [3.8, 4) is 12.0 Å². The van der Waals surface area contributed by atoms with Gasteiger partial charge in [-0.25, -0.2) is 19.8 Å². The lowest BCUT2D eigenvalue weighted by Crippen LogP contribution is -2.26. The van der Waals surface area contributed by atoms with Crippen LogP contribution in [0.2, 0.25) is 0 Å². The minimum Gasteiger partial charge on any atom is -0.382 e. The molecule has 0 saturated carbocycles. The van der Waals surface area contributed by atoms with E-state index in [1.54, 1.807) is 0 Å². The summed E-state index contributed by atoms with van der Waals surface area (Å²) in [7, 11) is 0. The number of aromatic amines is 2. The lowest BCUT2D eigenvalue weighted by molar-refractivity contribution is -0.156. The van der Waals surface area contributed by atoms with Crippen molar-refractivity contribution in [1.82, 2.24) is 30.4 Å². The number of nitrogens with one attached hydrogen (secondary N) is 2. The number of rotatable bonds is 2. The van der Waals surface area contributed by atoms with Gasteiger partial charge in [0, 0.05) is 0 Å². The lowest BCUT2D eigenvalue weighted by Gasteiger charge is -1.98. The summed E-state index contributed by atoms with van der Waals surface area (Å²) in [5, 5.41) is 11.3. The van der Waals surface area contributed by atoms with Crippen molar-refractivity contribution >= 4 is 11.9 Å². The average molecular weight is 224 g/mol. The molecule has 2 N–H and O–H groups in total. The zero-order valence-electron chi connectivity index (χ0n) is 7.58. The molecule has 0 atom stereocenters. The van der Waals surface area contributed by atoms with E-state index in [-0.39, 0.29) is 12.0 Å². The molecule has 0 saturated heterocycles. The second-order valence-corrected chi connectivity index (χ2v) is 2.36. The molecule has 0 bridgehead atoms. The molecule has 0 unspecified atom stereocenters. The minimum atomic E-state index is -1.26. The average Bonchev–Trinajstić information content (AvgIpc) is 2.90. The van der Waals surface area contributed by atoms with Gasteiger partial charge in [-0.3, -0.25) is 0 Å². The van der Waals surface area contributed by atoms with E-state index in [0.717, 1.165) is 12.7 Å². The Kier molecular flexibility index (Phi) is 2.54. The third-order valence-electron chi connectivity index (χ3n) is 1.33. The quantitative estimate of drug-likeness (QED) is 0.461. The minimum absolute atomic E-state index is 0.209. The highest BCUT2D eigenvalue weighted by molar-refractivity contribution is 6.30. The first-order valence-electron chi connectivity index (χ1n) is 3.90. The van der Waals surface area contributed by atoms with E-state index in [4.69, 9.17) is 0 Å². The van der Waals surface area contributed by atoms with E-state index in [2.05, 4.69) is 39.8 Å². The summed E-state index contributed by atoms with van der Waals surface area (Å²) in [6.45, 7) is 0. The number of hydrogen-bond acceptors (Lipinski definition) is 8. The first-order chi connectivity index (χ1) is 7.75. The third kappa shape index (κ3) is 2.17. The van der Waals surface area contributed by atoms with Crippen molar-refractivity contribution < 1.29 is 19.1 Å². The van der Waals surface area contributed by atoms with Crippen LogP contribution in [-0.4, -0.2) is 42.3 Å². The van der Waals surface area contributed by atoms with Crippen LogP contribution in [0.3, 0.4) is 0 Å². The highest BCUT2D eigenvalue weighted by Crippen LogP contribution is 2.00. The molecule has 2 aromatic heterocycles. The van der Waals surface area contributed by atoms with E-state index in [1.165, 1.54) is 0 Å². The highest BCUT2D eigenvalue weighted by atomic mass is 16.6. The summed E-state index contributed by atoms with van der Waals surface area (Å²) in [6, 6.07) is -0.418. The topological polar surface area (TPSA) is 136 Å². The number of carbonyl (C=O) groups excluding carboxylic acids is 2. The molecule has 0 radical (unpaired) electrons. The molecule has 0 aromatic carbocycles. The maximum absolute atomic E-state index is 11.1. The highest BCUT2D eigenvalue weighted by Gasteiger charge is 2.21. The second kappa shape index (κ2) is 4.16. The van der Waals surface area contributed by atoms with Gasteiger partial charge in [0.05, 0.1) is 0 Å². The van der Waals surface area contributed by atoms with Crippen LogP contribution in [0, 0.1) is 0 Å². The summed E-state index contributed by atoms with van der Waals surface area (Å²) in [6.07, 6.45) is 2.23. The maximum atomic E-state index is 11.1. The summed E-state index contributed by atoms with van der Waals surface area (Å²) < 4.78 is 8.92. The molecule has 0 amide bonds. The van der Waals surface area contributed by atoms with Gasteiger partial charge in [-0.15, -0.1) is 0 Å². The normalized spacial score (nSPS) is 9.75. The molecule has 10 heteroatoms. The second-order valence-electron chi connectivity index (χ2n) is 2.36. The summed E-state index contributed by atoms with van der Waals surface area (Å²) in [4.78, 5) is 29.1. The van der Waals surface area contributed by atoms with Gasteiger partial charge in [0.25, 0.3) is 0 Å². The predicted octanol–water partition coefficient (Wildman–Crippen LogP) is -1.57. The van der Waals surface area contributed by atoms with Crippen LogP contribution >= 0.6 is 0 Å². The Morgan fingerprint density at radius 3 is 1.69 bits per heavy atom. The lowest BCUT2D eigenvalue weighted by atomic mass is 10.7. The number of carbonyl (C=O) groups is 2. The van der Waals surface area contributed by atoms with Gasteiger partial charge in [0.2, 0.25) is 0 Å². The molecular weight excluding hydrogens is 220 g/mol. The molecule has 2 rings (SSSR count). The number of esters is 2. The van der Waals surface area contributed by atoms with E-state index in [1.807, 2.05) is 0 Å². The van der Waals surface area contributed by atoms with Gasteiger partial charge in [-0.1, -0.05) is 0 Å². The molecule has 82 valence electrons. The van der Waals surface area contributed by atoms with Crippen molar-refractivity contribution in [1.29, 1.82) is 0 Å². The Hall–Kier alpha value is -2.78. The van der Waals surface area contributed by atoms with Gasteiger partial charge in [-0.2, -0.15) is 20.2 Å². The van der Waals surface area contributed by atoms with Crippen LogP contribution in [0.1, 0.15) is 0 Å². The predicted molar refractivity (Wildman–Crippen MR) is 44.0 cm³/mol. The zero-order chi connectivity index (χ0) is 11.4.